The molecule has 0 radical (unpaired) electrons. The van der Waals surface area contributed by atoms with Crippen LogP contribution in [0.4, 0.5) is 5.69 Å². The Labute approximate surface area is 114 Å². The summed E-state index contributed by atoms with van der Waals surface area (Å²) < 4.78 is 5.63. The zero-order chi connectivity index (χ0) is 13.3. The number of aryl methyl sites for hydroxylation is 1. The Hall–Kier alpha value is -1.36. The summed E-state index contributed by atoms with van der Waals surface area (Å²) in [5.41, 5.74) is 0.700. The molecule has 1 aliphatic carbocycles. The number of hydrogen-bond acceptors (Lipinski definition) is 3. The molecular weight excluding hydrogens is 298 g/mol. The molecule has 1 aromatic rings. The summed E-state index contributed by atoms with van der Waals surface area (Å²) >= 11 is 3.36. The number of halogens is 1. The maximum Gasteiger partial charge on any atom is 0.321 e. The van der Waals surface area contributed by atoms with Crippen LogP contribution in [0.15, 0.2) is 22.7 Å². The summed E-state index contributed by atoms with van der Waals surface area (Å²) in [6, 6.07) is 5.57. The Morgan fingerprint density at radius 1 is 1.39 bits per heavy atom. The van der Waals surface area contributed by atoms with Gasteiger partial charge in [-0.05, 0) is 43.5 Å². The Bertz CT molecular complexity index is 509. The van der Waals surface area contributed by atoms with Crippen LogP contribution >= 0.6 is 15.9 Å². The third-order valence-corrected chi connectivity index (χ3v) is 3.69. The van der Waals surface area contributed by atoms with Gasteiger partial charge >= 0.3 is 5.97 Å². The molecule has 0 heterocycles. The van der Waals surface area contributed by atoms with Gasteiger partial charge in [-0.1, -0.05) is 15.9 Å². The molecule has 0 unspecified atom stereocenters. The third-order valence-electron chi connectivity index (χ3n) is 3.20. The number of carbonyl (C=O) groups is 2. The number of hydrogen-bond donors (Lipinski definition) is 1. The van der Waals surface area contributed by atoms with Crippen molar-refractivity contribution in [2.45, 2.75) is 19.8 Å². The lowest BCUT2D eigenvalue weighted by molar-refractivity contribution is -0.150. The fourth-order valence-electron chi connectivity index (χ4n) is 1.85. The highest BCUT2D eigenvalue weighted by Gasteiger charge is 2.57. The van der Waals surface area contributed by atoms with Crippen LogP contribution in [-0.4, -0.2) is 19.0 Å². The Morgan fingerprint density at radius 2 is 2.06 bits per heavy atom. The molecule has 5 heteroatoms. The average Bonchev–Trinajstić information content (AvgIpc) is 3.13. The van der Waals surface area contributed by atoms with Crippen LogP contribution in [0.3, 0.4) is 0 Å². The maximum atomic E-state index is 12.1. The second kappa shape index (κ2) is 4.72. The van der Waals surface area contributed by atoms with Crippen molar-refractivity contribution in [2.75, 3.05) is 12.4 Å². The van der Waals surface area contributed by atoms with E-state index < -0.39 is 11.4 Å². The van der Waals surface area contributed by atoms with Crippen LogP contribution in [0, 0.1) is 12.3 Å². The summed E-state index contributed by atoms with van der Waals surface area (Å²) in [4.78, 5) is 23.7. The smallest absolute Gasteiger partial charge is 0.321 e. The minimum Gasteiger partial charge on any atom is -0.468 e. The highest BCUT2D eigenvalue weighted by molar-refractivity contribution is 9.10. The van der Waals surface area contributed by atoms with Gasteiger partial charge in [0, 0.05) is 10.2 Å². The SMILES string of the molecule is COC(=O)C1(C(=O)Nc2ccc(Br)cc2C)CC1. The van der Waals surface area contributed by atoms with Crippen molar-refractivity contribution in [3.05, 3.63) is 28.2 Å². The van der Waals surface area contributed by atoms with Crippen molar-refractivity contribution in [1.82, 2.24) is 0 Å². The van der Waals surface area contributed by atoms with Crippen LogP contribution in [0.5, 0.6) is 0 Å². The Balaban J connectivity index is 2.15. The molecule has 18 heavy (non-hydrogen) atoms. The average molecular weight is 312 g/mol. The van der Waals surface area contributed by atoms with E-state index in [9.17, 15) is 9.59 Å². The number of anilines is 1. The molecule has 1 saturated carbocycles. The maximum absolute atomic E-state index is 12.1. The fourth-order valence-corrected chi connectivity index (χ4v) is 2.33. The molecule has 1 fully saturated rings. The first-order valence-corrected chi connectivity index (χ1v) is 6.45. The number of benzene rings is 1. The monoisotopic (exact) mass is 311 g/mol. The van der Waals surface area contributed by atoms with Crippen LogP contribution < -0.4 is 5.32 Å². The van der Waals surface area contributed by atoms with Crippen LogP contribution in [0.25, 0.3) is 0 Å². The van der Waals surface area contributed by atoms with E-state index in [0.29, 0.717) is 12.8 Å². The summed E-state index contributed by atoms with van der Waals surface area (Å²) in [6.07, 6.45) is 1.11. The van der Waals surface area contributed by atoms with Gasteiger partial charge in [0.05, 0.1) is 7.11 Å². The number of rotatable bonds is 3. The van der Waals surface area contributed by atoms with E-state index >= 15 is 0 Å². The van der Waals surface area contributed by atoms with E-state index in [-0.39, 0.29) is 5.91 Å². The summed E-state index contributed by atoms with van der Waals surface area (Å²) in [7, 11) is 1.31. The van der Waals surface area contributed by atoms with Crippen molar-refractivity contribution < 1.29 is 14.3 Å². The predicted octanol–water partition coefficient (Wildman–Crippen LogP) is 2.65. The van der Waals surface area contributed by atoms with Crippen molar-refractivity contribution in [2.24, 2.45) is 5.41 Å². The van der Waals surface area contributed by atoms with Gasteiger partial charge in [-0.25, -0.2) is 0 Å². The van der Waals surface area contributed by atoms with E-state index in [1.54, 1.807) is 0 Å². The predicted molar refractivity (Wildman–Crippen MR) is 71.2 cm³/mol. The highest BCUT2D eigenvalue weighted by atomic mass is 79.9. The number of ether oxygens (including phenoxy) is 1. The molecule has 0 spiro atoms. The molecule has 0 saturated heterocycles. The summed E-state index contributed by atoms with van der Waals surface area (Å²) in [5, 5.41) is 2.79. The lowest BCUT2D eigenvalue weighted by atomic mass is 10.1. The topological polar surface area (TPSA) is 55.4 Å². The Kier molecular flexibility index (Phi) is 3.43. The number of methoxy groups -OCH3 is 1. The first-order valence-electron chi connectivity index (χ1n) is 5.65. The van der Waals surface area contributed by atoms with Crippen molar-refractivity contribution in [1.29, 1.82) is 0 Å². The number of esters is 1. The summed E-state index contributed by atoms with van der Waals surface area (Å²) in [5.74, 6) is -0.727. The van der Waals surface area contributed by atoms with Gasteiger partial charge in [0.2, 0.25) is 5.91 Å². The van der Waals surface area contributed by atoms with Crippen LogP contribution in [0.2, 0.25) is 0 Å². The van der Waals surface area contributed by atoms with E-state index in [0.717, 1.165) is 15.7 Å². The van der Waals surface area contributed by atoms with E-state index in [4.69, 9.17) is 0 Å². The molecule has 96 valence electrons. The van der Waals surface area contributed by atoms with Gasteiger partial charge < -0.3 is 10.1 Å². The quantitative estimate of drug-likeness (QED) is 0.689. The highest BCUT2D eigenvalue weighted by Crippen LogP contribution is 2.47. The molecule has 1 aromatic carbocycles. The standard InChI is InChI=1S/C13H14BrNO3/c1-8-7-9(14)3-4-10(8)15-11(16)13(5-6-13)12(17)18-2/h3-4,7H,5-6H2,1-2H3,(H,15,16). The minimum absolute atomic E-state index is 0.278. The van der Waals surface area contributed by atoms with Crippen LogP contribution in [-0.2, 0) is 14.3 Å². The largest absolute Gasteiger partial charge is 0.468 e. The molecule has 1 N–H and O–H groups in total. The molecule has 0 aliphatic heterocycles. The molecule has 1 aliphatic rings. The zero-order valence-electron chi connectivity index (χ0n) is 10.2. The number of nitrogens with one attached hydrogen (secondary N) is 1. The van der Waals surface area contributed by atoms with Gasteiger partial charge in [0.15, 0.2) is 0 Å². The van der Waals surface area contributed by atoms with Gasteiger partial charge in [-0.15, -0.1) is 0 Å². The molecule has 1 amide bonds. The van der Waals surface area contributed by atoms with Crippen LogP contribution in [0.1, 0.15) is 18.4 Å². The Morgan fingerprint density at radius 3 is 2.56 bits per heavy atom. The second-order valence-electron chi connectivity index (χ2n) is 4.49. The van der Waals surface area contributed by atoms with Crippen molar-refractivity contribution in [3.8, 4) is 0 Å². The fraction of sp³-hybridized carbons (Fsp3) is 0.385. The summed E-state index contributed by atoms with van der Waals surface area (Å²) in [6.45, 7) is 1.90. The molecule has 0 bridgehead atoms. The van der Waals surface area contributed by atoms with Crippen molar-refractivity contribution >= 4 is 33.5 Å². The second-order valence-corrected chi connectivity index (χ2v) is 5.40. The normalized spacial score (nSPS) is 15.9. The molecular formula is C13H14BrNO3. The molecule has 2 rings (SSSR count). The lowest BCUT2D eigenvalue weighted by Gasteiger charge is -2.14. The van der Waals surface area contributed by atoms with E-state index in [1.807, 2.05) is 25.1 Å². The molecule has 0 aromatic heterocycles. The van der Waals surface area contributed by atoms with E-state index in [1.165, 1.54) is 7.11 Å². The molecule has 4 nitrogen and oxygen atoms in total. The first-order chi connectivity index (χ1) is 8.49. The molecule has 0 atom stereocenters. The lowest BCUT2D eigenvalue weighted by Crippen LogP contribution is -2.32. The third kappa shape index (κ3) is 2.27. The van der Waals surface area contributed by atoms with Gasteiger partial charge in [0.1, 0.15) is 5.41 Å². The van der Waals surface area contributed by atoms with Gasteiger partial charge in [-0.2, -0.15) is 0 Å². The zero-order valence-corrected chi connectivity index (χ0v) is 11.8. The number of carbonyl (C=O) groups excluding carboxylic acids is 2. The van der Waals surface area contributed by atoms with Crippen molar-refractivity contribution in [3.63, 3.8) is 0 Å². The number of amides is 1. The van der Waals surface area contributed by atoms with E-state index in [2.05, 4.69) is 26.0 Å². The van der Waals surface area contributed by atoms with Gasteiger partial charge in [-0.3, -0.25) is 9.59 Å². The minimum atomic E-state index is -0.964. The first kappa shape index (κ1) is 13.1. The van der Waals surface area contributed by atoms with Gasteiger partial charge in [0.25, 0.3) is 0 Å².